The van der Waals surface area contributed by atoms with Gasteiger partial charge in [0, 0.05) is 22.8 Å². The van der Waals surface area contributed by atoms with Crippen molar-refractivity contribution in [3.8, 4) is 0 Å². The fraction of sp³-hybridized carbons (Fsp3) is 0.286. The highest BCUT2D eigenvalue weighted by Crippen LogP contribution is 2.34. The van der Waals surface area contributed by atoms with Crippen molar-refractivity contribution in [2.75, 3.05) is 11.4 Å². The van der Waals surface area contributed by atoms with Gasteiger partial charge in [0.15, 0.2) is 0 Å². The minimum absolute atomic E-state index is 0.0648. The van der Waals surface area contributed by atoms with Gasteiger partial charge in [0.25, 0.3) is 5.91 Å². The molecule has 124 valence electrons. The van der Waals surface area contributed by atoms with Crippen LogP contribution in [0.3, 0.4) is 0 Å². The molecule has 0 aromatic heterocycles. The van der Waals surface area contributed by atoms with E-state index >= 15 is 0 Å². The SMILES string of the molecule is CCC1=C(c2cccc(Cl)c2)C(=O)N(c2cccc(C(C)C)c2)C1. The minimum Gasteiger partial charge on any atom is -0.304 e. The van der Waals surface area contributed by atoms with Crippen LogP contribution >= 0.6 is 11.6 Å². The van der Waals surface area contributed by atoms with Gasteiger partial charge in [0.1, 0.15) is 0 Å². The Morgan fingerprint density at radius 3 is 2.54 bits per heavy atom. The lowest BCUT2D eigenvalue weighted by atomic mass is 10.0. The third-order valence-electron chi connectivity index (χ3n) is 4.55. The van der Waals surface area contributed by atoms with Gasteiger partial charge < -0.3 is 4.90 Å². The van der Waals surface area contributed by atoms with Crippen LogP contribution < -0.4 is 4.90 Å². The summed E-state index contributed by atoms with van der Waals surface area (Å²) < 4.78 is 0. The monoisotopic (exact) mass is 339 g/mol. The molecule has 0 fully saturated rings. The Labute approximate surface area is 148 Å². The highest BCUT2D eigenvalue weighted by Gasteiger charge is 2.31. The summed E-state index contributed by atoms with van der Waals surface area (Å²) in [6, 6.07) is 15.8. The molecule has 2 aromatic rings. The molecule has 3 rings (SSSR count). The summed E-state index contributed by atoms with van der Waals surface area (Å²) in [5.41, 5.74) is 5.09. The van der Waals surface area contributed by atoms with Crippen molar-refractivity contribution in [1.29, 1.82) is 0 Å². The summed E-state index contributed by atoms with van der Waals surface area (Å²) in [5, 5.41) is 0.656. The molecule has 1 amide bonds. The van der Waals surface area contributed by atoms with Crippen molar-refractivity contribution in [3.05, 3.63) is 70.3 Å². The van der Waals surface area contributed by atoms with Crippen molar-refractivity contribution in [2.45, 2.75) is 33.1 Å². The number of carbonyl (C=O) groups is 1. The van der Waals surface area contributed by atoms with Crippen LogP contribution in [-0.2, 0) is 4.79 Å². The number of amides is 1. The highest BCUT2D eigenvalue weighted by atomic mass is 35.5. The molecule has 0 aliphatic carbocycles. The van der Waals surface area contributed by atoms with Gasteiger partial charge in [-0.05, 0) is 53.3 Å². The molecule has 0 bridgehead atoms. The molecule has 0 radical (unpaired) electrons. The van der Waals surface area contributed by atoms with Gasteiger partial charge in [0.2, 0.25) is 0 Å². The smallest absolute Gasteiger partial charge is 0.259 e. The quantitative estimate of drug-likeness (QED) is 0.702. The predicted molar refractivity (Wildman–Crippen MR) is 102 cm³/mol. The zero-order chi connectivity index (χ0) is 17.3. The molecule has 3 heteroatoms. The zero-order valence-corrected chi connectivity index (χ0v) is 15.1. The van der Waals surface area contributed by atoms with Crippen molar-refractivity contribution in [2.24, 2.45) is 0 Å². The van der Waals surface area contributed by atoms with Crippen LogP contribution in [-0.4, -0.2) is 12.5 Å². The second-order valence-corrected chi connectivity index (χ2v) is 6.92. The maximum atomic E-state index is 13.1. The van der Waals surface area contributed by atoms with Gasteiger partial charge in [-0.2, -0.15) is 0 Å². The first kappa shape index (κ1) is 16.8. The third kappa shape index (κ3) is 3.11. The molecule has 0 saturated heterocycles. The van der Waals surface area contributed by atoms with E-state index < -0.39 is 0 Å². The van der Waals surface area contributed by atoms with E-state index in [9.17, 15) is 4.79 Å². The number of nitrogens with zero attached hydrogens (tertiary/aromatic N) is 1. The standard InChI is InChI=1S/C21H22ClNO/c1-4-15-13-23(19-10-6-7-16(12-19)14(2)3)21(24)20(15)17-8-5-9-18(22)11-17/h5-12,14H,4,13H2,1-3H3. The maximum Gasteiger partial charge on any atom is 0.259 e. The first-order valence-corrected chi connectivity index (χ1v) is 8.78. The van der Waals surface area contributed by atoms with E-state index in [0.717, 1.165) is 28.8 Å². The Morgan fingerprint density at radius 2 is 1.88 bits per heavy atom. The van der Waals surface area contributed by atoms with Gasteiger partial charge in [-0.15, -0.1) is 0 Å². The van der Waals surface area contributed by atoms with E-state index in [2.05, 4.69) is 32.9 Å². The second kappa shape index (κ2) is 6.82. The van der Waals surface area contributed by atoms with E-state index in [1.165, 1.54) is 5.56 Å². The highest BCUT2D eigenvalue weighted by molar-refractivity contribution is 6.32. The van der Waals surface area contributed by atoms with Crippen LogP contribution in [0.2, 0.25) is 5.02 Å². The molecule has 1 heterocycles. The van der Waals surface area contributed by atoms with Crippen LogP contribution in [0, 0.1) is 0 Å². The van der Waals surface area contributed by atoms with Gasteiger partial charge in [-0.25, -0.2) is 0 Å². The maximum absolute atomic E-state index is 13.1. The molecule has 0 saturated carbocycles. The summed E-state index contributed by atoms with van der Waals surface area (Å²) >= 11 is 6.12. The number of carbonyl (C=O) groups excluding carboxylic acids is 1. The molecule has 0 spiro atoms. The van der Waals surface area contributed by atoms with Crippen LogP contribution in [0.5, 0.6) is 0 Å². The Kier molecular flexibility index (Phi) is 4.77. The van der Waals surface area contributed by atoms with E-state index in [1.807, 2.05) is 41.3 Å². The van der Waals surface area contributed by atoms with Crippen LogP contribution in [0.4, 0.5) is 5.69 Å². The average molecular weight is 340 g/mol. The average Bonchev–Trinajstić information content (AvgIpc) is 2.91. The molecule has 0 unspecified atom stereocenters. The Balaban J connectivity index is 1.99. The Bertz CT molecular complexity index is 807. The molecule has 0 N–H and O–H groups in total. The van der Waals surface area contributed by atoms with E-state index in [0.29, 0.717) is 17.5 Å². The molecular weight excluding hydrogens is 318 g/mol. The third-order valence-corrected chi connectivity index (χ3v) is 4.79. The molecule has 1 aliphatic heterocycles. The van der Waals surface area contributed by atoms with E-state index in [1.54, 1.807) is 0 Å². The van der Waals surface area contributed by atoms with Crippen molar-refractivity contribution < 1.29 is 4.79 Å². The Hall–Kier alpha value is -2.06. The molecule has 2 aromatic carbocycles. The van der Waals surface area contributed by atoms with Gasteiger partial charge >= 0.3 is 0 Å². The number of halogens is 1. The lowest BCUT2D eigenvalue weighted by Gasteiger charge is -2.19. The summed E-state index contributed by atoms with van der Waals surface area (Å²) in [4.78, 5) is 15.0. The fourth-order valence-corrected chi connectivity index (χ4v) is 3.34. The Morgan fingerprint density at radius 1 is 1.12 bits per heavy atom. The molecule has 1 aliphatic rings. The molecular formula is C21H22ClNO. The number of anilines is 1. The topological polar surface area (TPSA) is 20.3 Å². The molecule has 2 nitrogen and oxygen atoms in total. The van der Waals surface area contributed by atoms with E-state index in [-0.39, 0.29) is 5.91 Å². The van der Waals surface area contributed by atoms with Gasteiger partial charge in [-0.3, -0.25) is 4.79 Å². The van der Waals surface area contributed by atoms with E-state index in [4.69, 9.17) is 11.6 Å². The normalized spacial score (nSPS) is 14.9. The number of rotatable bonds is 4. The fourth-order valence-electron chi connectivity index (χ4n) is 3.15. The number of benzene rings is 2. The molecule has 24 heavy (non-hydrogen) atoms. The lowest BCUT2D eigenvalue weighted by Crippen LogP contribution is -2.26. The first-order chi connectivity index (χ1) is 11.5. The summed E-state index contributed by atoms with van der Waals surface area (Å²) in [5.74, 6) is 0.503. The minimum atomic E-state index is 0.0648. The first-order valence-electron chi connectivity index (χ1n) is 8.41. The summed E-state index contributed by atoms with van der Waals surface area (Å²) in [7, 11) is 0. The molecule has 0 atom stereocenters. The van der Waals surface area contributed by atoms with Crippen molar-refractivity contribution in [1.82, 2.24) is 0 Å². The van der Waals surface area contributed by atoms with Crippen molar-refractivity contribution in [3.63, 3.8) is 0 Å². The van der Waals surface area contributed by atoms with Gasteiger partial charge in [0.05, 0.1) is 0 Å². The predicted octanol–water partition coefficient (Wildman–Crippen LogP) is 5.67. The zero-order valence-electron chi connectivity index (χ0n) is 14.3. The van der Waals surface area contributed by atoms with Crippen LogP contribution in [0.1, 0.15) is 44.2 Å². The summed E-state index contributed by atoms with van der Waals surface area (Å²) in [6.45, 7) is 7.08. The largest absolute Gasteiger partial charge is 0.304 e. The second-order valence-electron chi connectivity index (χ2n) is 6.48. The number of hydrogen-bond acceptors (Lipinski definition) is 1. The number of hydrogen-bond donors (Lipinski definition) is 0. The van der Waals surface area contributed by atoms with Crippen LogP contribution in [0.15, 0.2) is 54.1 Å². The van der Waals surface area contributed by atoms with Crippen molar-refractivity contribution >= 4 is 28.8 Å². The lowest BCUT2D eigenvalue weighted by molar-refractivity contribution is -0.112. The van der Waals surface area contributed by atoms with Gasteiger partial charge in [-0.1, -0.05) is 56.6 Å². The summed E-state index contributed by atoms with van der Waals surface area (Å²) in [6.07, 6.45) is 0.855. The van der Waals surface area contributed by atoms with Crippen LogP contribution in [0.25, 0.3) is 5.57 Å².